The Labute approximate surface area is 53.6 Å². The fraction of sp³-hybridized carbons (Fsp3) is 1.00. The molecule has 0 amide bonds. The average molecular weight is 155 g/mol. The van der Waals surface area contributed by atoms with Crippen LogP contribution in [0.4, 0.5) is 0 Å². The summed E-state index contributed by atoms with van der Waals surface area (Å²) in [5.74, 6) is -0.566. The molecule has 0 aromatic heterocycles. The largest absolute Gasteiger partial charge is 0.378 e. The van der Waals surface area contributed by atoms with E-state index in [4.69, 9.17) is 10.8 Å². The first-order valence-corrected chi connectivity index (χ1v) is 3.77. The highest BCUT2D eigenvalue weighted by Crippen LogP contribution is 1.89. The van der Waals surface area contributed by atoms with E-state index in [-0.39, 0.29) is 0 Å². The van der Waals surface area contributed by atoms with E-state index in [2.05, 4.69) is 4.18 Å². The molecule has 9 heavy (non-hydrogen) atoms. The third-order valence-electron chi connectivity index (χ3n) is 0.629. The molecular formula is C3H9NO4S. The van der Waals surface area contributed by atoms with Crippen molar-refractivity contribution < 1.29 is 17.7 Å². The lowest BCUT2D eigenvalue weighted by molar-refractivity contribution is 0.201. The zero-order valence-electron chi connectivity index (χ0n) is 4.94. The van der Waals surface area contributed by atoms with Gasteiger partial charge in [-0.05, 0) is 0 Å². The monoisotopic (exact) mass is 155 g/mol. The molecule has 0 spiro atoms. The van der Waals surface area contributed by atoms with Gasteiger partial charge < -0.3 is 10.8 Å². The van der Waals surface area contributed by atoms with Crippen molar-refractivity contribution in [3.8, 4) is 0 Å². The Bertz CT molecular complexity index is 161. The summed E-state index contributed by atoms with van der Waals surface area (Å²) in [6.07, 6.45) is -1.37. The summed E-state index contributed by atoms with van der Waals surface area (Å²) in [5.41, 5.74) is 4.75. The summed E-state index contributed by atoms with van der Waals surface area (Å²) in [4.78, 5) is 0. The highest BCUT2D eigenvalue weighted by Gasteiger charge is 2.11. The first-order chi connectivity index (χ1) is 3.98. The van der Waals surface area contributed by atoms with Crippen molar-refractivity contribution in [3.63, 3.8) is 0 Å². The molecule has 56 valence electrons. The van der Waals surface area contributed by atoms with Crippen molar-refractivity contribution in [1.82, 2.24) is 0 Å². The summed E-state index contributed by atoms with van der Waals surface area (Å²) in [6.45, 7) is 0. The van der Waals surface area contributed by atoms with Gasteiger partial charge >= 0.3 is 0 Å². The maximum atomic E-state index is 10.3. The quantitative estimate of drug-likeness (QED) is 0.372. The van der Waals surface area contributed by atoms with Gasteiger partial charge in [-0.3, -0.25) is 4.18 Å². The van der Waals surface area contributed by atoms with Crippen molar-refractivity contribution in [2.24, 2.45) is 5.73 Å². The van der Waals surface area contributed by atoms with E-state index in [0.717, 1.165) is 7.11 Å². The fourth-order valence-corrected chi connectivity index (χ4v) is 0.832. The molecule has 3 N–H and O–H groups in total. The maximum Gasteiger partial charge on any atom is 0.270 e. The molecule has 6 heteroatoms. The van der Waals surface area contributed by atoms with Crippen LogP contribution in [0, 0.1) is 0 Å². The van der Waals surface area contributed by atoms with Crippen LogP contribution in [0.2, 0.25) is 0 Å². The normalized spacial score (nSPS) is 15.4. The van der Waals surface area contributed by atoms with Crippen LogP contribution >= 0.6 is 0 Å². The predicted molar refractivity (Wildman–Crippen MR) is 31.0 cm³/mol. The van der Waals surface area contributed by atoms with Crippen LogP contribution in [0.15, 0.2) is 0 Å². The minimum absolute atomic E-state index is 0.566. The Hall–Kier alpha value is -0.170. The van der Waals surface area contributed by atoms with E-state index in [1.54, 1.807) is 0 Å². The smallest absolute Gasteiger partial charge is 0.270 e. The Morgan fingerprint density at radius 2 is 2.22 bits per heavy atom. The van der Waals surface area contributed by atoms with Crippen LogP contribution in [0.1, 0.15) is 0 Å². The summed E-state index contributed by atoms with van der Waals surface area (Å²) >= 11 is 0. The highest BCUT2D eigenvalue weighted by molar-refractivity contribution is 7.86. The molecule has 0 fully saturated rings. The molecule has 0 radical (unpaired) electrons. The maximum absolute atomic E-state index is 10.3. The van der Waals surface area contributed by atoms with E-state index < -0.39 is 22.1 Å². The highest BCUT2D eigenvalue weighted by atomic mass is 32.2. The van der Waals surface area contributed by atoms with E-state index in [9.17, 15) is 8.42 Å². The van der Waals surface area contributed by atoms with Crippen molar-refractivity contribution in [3.05, 3.63) is 0 Å². The number of aliphatic hydroxyl groups excluding tert-OH is 1. The molecule has 1 atom stereocenters. The van der Waals surface area contributed by atoms with E-state index in [1.807, 2.05) is 0 Å². The molecular weight excluding hydrogens is 146 g/mol. The lowest BCUT2D eigenvalue weighted by atomic mass is 10.7. The predicted octanol–water partition coefficient (Wildman–Crippen LogP) is -1.76. The van der Waals surface area contributed by atoms with Gasteiger partial charge in [0.15, 0.2) is 0 Å². The SMILES string of the molecule is COS(=O)(=O)CC(N)O. The third-order valence-corrected chi connectivity index (χ3v) is 1.89. The zero-order chi connectivity index (χ0) is 7.49. The summed E-state index contributed by atoms with van der Waals surface area (Å²) < 4.78 is 24.7. The van der Waals surface area contributed by atoms with Gasteiger partial charge in [0.2, 0.25) is 0 Å². The average Bonchev–Trinajstić information content (AvgIpc) is 1.63. The fourth-order valence-electron chi connectivity index (χ4n) is 0.277. The molecule has 0 heterocycles. The number of hydrogen-bond donors (Lipinski definition) is 2. The van der Waals surface area contributed by atoms with Crippen LogP contribution in [0.5, 0.6) is 0 Å². The topological polar surface area (TPSA) is 89.6 Å². The summed E-state index contributed by atoms with van der Waals surface area (Å²) in [7, 11) is -2.58. The first kappa shape index (κ1) is 8.83. The van der Waals surface area contributed by atoms with Gasteiger partial charge in [-0.2, -0.15) is 8.42 Å². The minimum atomic E-state index is -3.59. The van der Waals surface area contributed by atoms with Crippen LogP contribution in [-0.2, 0) is 14.3 Å². The Morgan fingerprint density at radius 3 is 2.33 bits per heavy atom. The molecule has 0 saturated carbocycles. The summed E-state index contributed by atoms with van der Waals surface area (Å²) in [5, 5.41) is 8.34. The number of aliphatic hydroxyl groups is 1. The first-order valence-electron chi connectivity index (χ1n) is 2.20. The van der Waals surface area contributed by atoms with Crippen molar-refractivity contribution >= 4 is 10.1 Å². The lowest BCUT2D eigenvalue weighted by Gasteiger charge is -2.01. The Balaban J connectivity index is 3.90. The van der Waals surface area contributed by atoms with Gasteiger partial charge in [-0.25, -0.2) is 0 Å². The van der Waals surface area contributed by atoms with Gasteiger partial charge in [-0.1, -0.05) is 0 Å². The second kappa shape index (κ2) is 3.11. The molecule has 0 aromatic rings. The van der Waals surface area contributed by atoms with Gasteiger partial charge in [0, 0.05) is 0 Å². The van der Waals surface area contributed by atoms with Crippen LogP contribution in [-0.4, -0.2) is 32.6 Å². The van der Waals surface area contributed by atoms with Crippen LogP contribution < -0.4 is 5.73 Å². The minimum Gasteiger partial charge on any atom is -0.378 e. The van der Waals surface area contributed by atoms with E-state index >= 15 is 0 Å². The lowest BCUT2D eigenvalue weighted by Crippen LogP contribution is -2.29. The second-order valence-electron chi connectivity index (χ2n) is 1.46. The molecule has 1 unspecified atom stereocenters. The second-order valence-corrected chi connectivity index (χ2v) is 3.24. The van der Waals surface area contributed by atoms with Crippen molar-refractivity contribution in [1.29, 1.82) is 0 Å². The van der Waals surface area contributed by atoms with Gasteiger partial charge in [-0.15, -0.1) is 0 Å². The zero-order valence-corrected chi connectivity index (χ0v) is 5.76. The molecule has 0 aromatic carbocycles. The molecule has 0 aliphatic rings. The van der Waals surface area contributed by atoms with Crippen molar-refractivity contribution in [2.75, 3.05) is 12.9 Å². The standard InChI is InChI=1S/C3H9NO4S/c1-8-9(6,7)2-3(4)5/h3,5H,2,4H2,1H3. The van der Waals surface area contributed by atoms with Crippen LogP contribution in [0.25, 0.3) is 0 Å². The molecule has 0 bridgehead atoms. The van der Waals surface area contributed by atoms with E-state index in [0.29, 0.717) is 0 Å². The Morgan fingerprint density at radius 1 is 1.78 bits per heavy atom. The van der Waals surface area contributed by atoms with Gasteiger partial charge in [0.1, 0.15) is 12.0 Å². The van der Waals surface area contributed by atoms with Gasteiger partial charge in [0.05, 0.1) is 7.11 Å². The number of nitrogens with two attached hydrogens (primary N) is 1. The third kappa shape index (κ3) is 4.34. The van der Waals surface area contributed by atoms with Crippen LogP contribution in [0.3, 0.4) is 0 Å². The number of rotatable bonds is 3. The molecule has 0 aliphatic carbocycles. The van der Waals surface area contributed by atoms with Gasteiger partial charge in [0.25, 0.3) is 10.1 Å². The van der Waals surface area contributed by atoms with Crippen molar-refractivity contribution in [2.45, 2.75) is 6.23 Å². The number of hydrogen-bond acceptors (Lipinski definition) is 5. The Kier molecular flexibility index (Phi) is 3.06. The molecule has 0 rings (SSSR count). The molecule has 5 nitrogen and oxygen atoms in total. The molecule has 0 aliphatic heterocycles. The van der Waals surface area contributed by atoms with E-state index in [1.165, 1.54) is 0 Å². The molecule has 0 saturated heterocycles. The summed E-state index contributed by atoms with van der Waals surface area (Å²) in [6, 6.07) is 0.